The number of carboxylic acid groups (broad SMARTS) is 2. The number of piperazine rings is 1. The van der Waals surface area contributed by atoms with Crippen molar-refractivity contribution in [2.75, 3.05) is 59.4 Å². The highest BCUT2D eigenvalue weighted by Crippen LogP contribution is 2.37. The second-order valence-electron chi connectivity index (χ2n) is 10.3. The Bertz CT molecular complexity index is 902. The van der Waals surface area contributed by atoms with Gasteiger partial charge in [-0.15, -0.1) is 0 Å². The van der Waals surface area contributed by atoms with Gasteiger partial charge in [0, 0.05) is 52.4 Å². The molecule has 1 aromatic carbocycles. The molecule has 8 nitrogen and oxygen atoms in total. The Morgan fingerprint density at radius 2 is 1.45 bits per heavy atom. The maximum atomic E-state index is 10.6. The quantitative estimate of drug-likeness (QED) is 0.505. The standard InChI is InChI=1S/C22H35N3O.2C2HF3O2/c1-23-14-16-24(17-15-23)18-21-8-5-10-22(26-21)11-13-25(19-22)12-9-20-6-3-2-4-7-20;2*3-2(4,5)1(6)7/h2-4,6-7,21H,5,8-19H2,1H3;2*(H,6,7)/t21-,22-;;/m1../s1. The highest BCUT2D eigenvalue weighted by atomic mass is 19.4. The van der Waals surface area contributed by atoms with E-state index in [1.807, 2.05) is 0 Å². The van der Waals surface area contributed by atoms with Gasteiger partial charge in [0.2, 0.25) is 0 Å². The van der Waals surface area contributed by atoms with E-state index >= 15 is 0 Å². The minimum Gasteiger partial charge on any atom is -0.475 e. The van der Waals surface area contributed by atoms with Crippen LogP contribution in [-0.4, -0.2) is 120 Å². The van der Waals surface area contributed by atoms with Gasteiger partial charge in [0.15, 0.2) is 0 Å². The van der Waals surface area contributed by atoms with Gasteiger partial charge in [-0.1, -0.05) is 30.3 Å². The highest BCUT2D eigenvalue weighted by Gasteiger charge is 2.43. The Kier molecular flexibility index (Phi) is 12.7. The number of rotatable bonds is 5. The Balaban J connectivity index is 0.000000333. The van der Waals surface area contributed by atoms with Crippen molar-refractivity contribution in [3.63, 3.8) is 0 Å². The number of ether oxygens (including phenoxy) is 1. The van der Waals surface area contributed by atoms with Gasteiger partial charge in [-0.2, -0.15) is 26.3 Å². The number of nitrogens with zero attached hydrogens (tertiary/aromatic N) is 3. The fraction of sp³-hybridized carbons (Fsp3) is 0.692. The Morgan fingerprint density at radius 1 is 0.900 bits per heavy atom. The molecule has 3 aliphatic rings. The topological polar surface area (TPSA) is 93.5 Å². The molecular formula is C26H37F6N3O5. The van der Waals surface area contributed by atoms with E-state index in [0.717, 1.165) is 26.1 Å². The third kappa shape index (κ3) is 12.0. The van der Waals surface area contributed by atoms with Crippen LogP contribution in [0.15, 0.2) is 30.3 Å². The summed E-state index contributed by atoms with van der Waals surface area (Å²) in [7, 11) is 2.23. The lowest BCUT2D eigenvalue weighted by molar-refractivity contribution is -0.193. The molecule has 2 atom stereocenters. The summed E-state index contributed by atoms with van der Waals surface area (Å²) in [5.74, 6) is -5.51. The third-order valence-corrected chi connectivity index (χ3v) is 7.07. The molecule has 0 bridgehead atoms. The second-order valence-corrected chi connectivity index (χ2v) is 10.3. The summed E-state index contributed by atoms with van der Waals surface area (Å²) in [6.07, 6.45) is -3.50. The minimum absolute atomic E-state index is 0.145. The summed E-state index contributed by atoms with van der Waals surface area (Å²) in [6, 6.07) is 10.9. The smallest absolute Gasteiger partial charge is 0.475 e. The van der Waals surface area contributed by atoms with Gasteiger partial charge in [0.1, 0.15) is 0 Å². The van der Waals surface area contributed by atoms with Crippen LogP contribution in [0.2, 0.25) is 0 Å². The summed E-state index contributed by atoms with van der Waals surface area (Å²) >= 11 is 0. The molecule has 4 rings (SSSR count). The van der Waals surface area contributed by atoms with Gasteiger partial charge >= 0.3 is 24.3 Å². The van der Waals surface area contributed by atoms with Crippen molar-refractivity contribution in [3.05, 3.63) is 35.9 Å². The number of benzene rings is 1. The van der Waals surface area contributed by atoms with E-state index < -0.39 is 24.3 Å². The number of hydrogen-bond acceptors (Lipinski definition) is 6. The average Bonchev–Trinajstić information content (AvgIpc) is 3.26. The molecule has 14 heteroatoms. The largest absolute Gasteiger partial charge is 0.490 e. The molecule has 0 aromatic heterocycles. The number of halogens is 6. The fourth-order valence-electron chi connectivity index (χ4n) is 4.92. The van der Waals surface area contributed by atoms with Gasteiger partial charge in [-0.25, -0.2) is 9.59 Å². The molecule has 0 saturated carbocycles. The molecule has 3 heterocycles. The van der Waals surface area contributed by atoms with Crippen LogP contribution in [-0.2, 0) is 20.7 Å². The highest BCUT2D eigenvalue weighted by molar-refractivity contribution is 5.73. The zero-order valence-corrected chi connectivity index (χ0v) is 22.4. The summed E-state index contributed by atoms with van der Waals surface area (Å²) in [5.41, 5.74) is 1.59. The first-order valence-corrected chi connectivity index (χ1v) is 13.0. The van der Waals surface area contributed by atoms with Gasteiger partial charge in [0.25, 0.3) is 0 Å². The molecule has 0 amide bonds. The molecule has 0 radical (unpaired) electrons. The lowest BCUT2D eigenvalue weighted by Gasteiger charge is -2.42. The van der Waals surface area contributed by atoms with Gasteiger partial charge < -0.3 is 24.7 Å². The number of carboxylic acids is 2. The van der Waals surface area contributed by atoms with Crippen molar-refractivity contribution >= 4 is 11.9 Å². The molecule has 3 fully saturated rings. The minimum atomic E-state index is -5.08. The van der Waals surface area contributed by atoms with E-state index in [2.05, 4.69) is 52.1 Å². The molecule has 0 unspecified atom stereocenters. The van der Waals surface area contributed by atoms with Crippen LogP contribution in [0.3, 0.4) is 0 Å². The molecule has 1 aromatic rings. The fourth-order valence-corrected chi connectivity index (χ4v) is 4.92. The molecule has 228 valence electrons. The predicted octanol–water partition coefficient (Wildman–Crippen LogP) is 3.76. The second kappa shape index (κ2) is 15.0. The van der Waals surface area contributed by atoms with Crippen LogP contribution in [0.5, 0.6) is 0 Å². The molecule has 40 heavy (non-hydrogen) atoms. The van der Waals surface area contributed by atoms with Crippen molar-refractivity contribution in [1.29, 1.82) is 0 Å². The SMILES string of the molecule is CN1CCN(C[C@H]2CCC[C@]3(CCN(CCc4ccccc4)C3)O2)CC1.O=C(O)C(F)(F)F.O=C(O)C(F)(F)F. The molecule has 3 aliphatic heterocycles. The van der Waals surface area contributed by atoms with Crippen LogP contribution in [0, 0.1) is 0 Å². The Labute approximate surface area is 229 Å². The van der Waals surface area contributed by atoms with Gasteiger partial charge in [-0.3, -0.25) is 4.90 Å². The molecule has 0 aliphatic carbocycles. The average molecular weight is 586 g/mol. The van der Waals surface area contributed by atoms with Crippen molar-refractivity contribution in [1.82, 2.24) is 14.7 Å². The van der Waals surface area contributed by atoms with Gasteiger partial charge in [-0.05, 0) is 44.7 Å². The van der Waals surface area contributed by atoms with E-state index in [1.165, 1.54) is 64.0 Å². The first-order valence-electron chi connectivity index (χ1n) is 13.0. The van der Waals surface area contributed by atoms with Crippen molar-refractivity contribution < 1.29 is 50.9 Å². The zero-order valence-electron chi connectivity index (χ0n) is 22.4. The van der Waals surface area contributed by atoms with E-state index in [9.17, 15) is 26.3 Å². The Hall–Kier alpha value is -2.42. The molecule has 2 N–H and O–H groups in total. The number of alkyl halides is 6. The molecule has 3 saturated heterocycles. The lowest BCUT2D eigenvalue weighted by atomic mass is 9.90. The maximum absolute atomic E-state index is 10.6. The first kappa shape index (κ1) is 33.8. The van der Waals surface area contributed by atoms with Crippen molar-refractivity contribution in [3.8, 4) is 0 Å². The molecular weight excluding hydrogens is 548 g/mol. The van der Waals surface area contributed by atoms with Crippen molar-refractivity contribution in [2.24, 2.45) is 0 Å². The van der Waals surface area contributed by atoms with E-state index in [1.54, 1.807) is 0 Å². The van der Waals surface area contributed by atoms with Crippen molar-refractivity contribution in [2.45, 2.75) is 56.2 Å². The summed E-state index contributed by atoms with van der Waals surface area (Å²) in [6.45, 7) is 9.44. The van der Waals surface area contributed by atoms with E-state index in [4.69, 9.17) is 24.5 Å². The number of likely N-dealkylation sites (tertiary alicyclic amines) is 1. The normalized spacial score (nSPS) is 24.5. The van der Waals surface area contributed by atoms with Gasteiger partial charge in [0.05, 0.1) is 11.7 Å². The summed E-state index contributed by atoms with van der Waals surface area (Å²) in [5, 5.41) is 14.2. The number of carbonyl (C=O) groups is 2. The van der Waals surface area contributed by atoms with E-state index in [0.29, 0.717) is 6.10 Å². The molecule has 1 spiro atoms. The number of likely N-dealkylation sites (N-methyl/N-ethyl adjacent to an activating group) is 1. The number of aliphatic carboxylic acids is 2. The monoisotopic (exact) mass is 585 g/mol. The van der Waals surface area contributed by atoms with Crippen LogP contribution >= 0.6 is 0 Å². The van der Waals surface area contributed by atoms with Crippen LogP contribution in [0.1, 0.15) is 31.2 Å². The first-order chi connectivity index (χ1) is 18.6. The van der Waals surface area contributed by atoms with Crippen LogP contribution in [0.4, 0.5) is 26.3 Å². The lowest BCUT2D eigenvalue weighted by Crippen LogP contribution is -2.51. The van der Waals surface area contributed by atoms with Crippen LogP contribution < -0.4 is 0 Å². The van der Waals surface area contributed by atoms with Crippen LogP contribution in [0.25, 0.3) is 0 Å². The number of hydrogen-bond donors (Lipinski definition) is 2. The Morgan fingerprint density at radius 3 is 1.98 bits per heavy atom. The summed E-state index contributed by atoms with van der Waals surface area (Å²) in [4.78, 5) is 25.5. The van der Waals surface area contributed by atoms with E-state index in [-0.39, 0.29) is 5.60 Å². The third-order valence-electron chi connectivity index (χ3n) is 7.07. The predicted molar refractivity (Wildman–Crippen MR) is 134 cm³/mol. The summed E-state index contributed by atoms with van der Waals surface area (Å²) < 4.78 is 70.2. The zero-order chi connectivity index (χ0) is 30.0. The maximum Gasteiger partial charge on any atom is 0.490 e.